The zero-order chi connectivity index (χ0) is 18.4. The van der Waals surface area contributed by atoms with E-state index in [-0.39, 0.29) is 15.6 Å². The van der Waals surface area contributed by atoms with E-state index in [0.717, 1.165) is 41.0 Å². The summed E-state index contributed by atoms with van der Waals surface area (Å²) < 4.78 is 0.363. The van der Waals surface area contributed by atoms with Crippen molar-refractivity contribution in [2.75, 3.05) is 5.32 Å². The van der Waals surface area contributed by atoms with Crippen LogP contribution in [0.1, 0.15) is 32.1 Å². The molecule has 2 aromatic heterocycles. The molecule has 3 aromatic rings. The lowest BCUT2D eigenvalue weighted by Crippen LogP contribution is -2.10. The van der Waals surface area contributed by atoms with Crippen LogP contribution in [-0.2, 0) is 12.8 Å². The van der Waals surface area contributed by atoms with Crippen LogP contribution in [0.25, 0.3) is 10.1 Å². The molecule has 1 aliphatic rings. The van der Waals surface area contributed by atoms with E-state index >= 15 is 0 Å². The Bertz CT molecular complexity index is 1130. The number of hydrogen-bond donors (Lipinski definition) is 1. The quantitative estimate of drug-likeness (QED) is 0.483. The molecule has 0 saturated carbocycles. The third-order valence-corrected chi connectivity index (χ3v) is 7.24. The number of nitriles is 1. The van der Waals surface area contributed by atoms with Gasteiger partial charge in [0.05, 0.1) is 15.5 Å². The molecule has 1 amide bonds. The number of anilines is 1. The summed E-state index contributed by atoms with van der Waals surface area (Å²) in [6, 6.07) is 6.75. The number of fused-ring (bicyclic) bond motifs is 2. The SMILES string of the molecule is N#Cc1c(NC(=O)c2sc3c([N+](=O)[O-])cccc3c2Cl)sc2c1CCC2. The van der Waals surface area contributed by atoms with Gasteiger partial charge >= 0.3 is 0 Å². The molecule has 6 nitrogen and oxygen atoms in total. The van der Waals surface area contributed by atoms with E-state index in [4.69, 9.17) is 11.6 Å². The topological polar surface area (TPSA) is 96.0 Å². The van der Waals surface area contributed by atoms with Crippen molar-refractivity contribution in [1.82, 2.24) is 0 Å². The van der Waals surface area contributed by atoms with Gasteiger partial charge in [-0.25, -0.2) is 0 Å². The van der Waals surface area contributed by atoms with Crippen LogP contribution >= 0.6 is 34.3 Å². The van der Waals surface area contributed by atoms with Crippen LogP contribution in [0.3, 0.4) is 0 Å². The van der Waals surface area contributed by atoms with Gasteiger partial charge in [-0.05, 0) is 24.8 Å². The number of nitro groups is 1. The second-order valence-electron chi connectivity index (χ2n) is 5.78. The second-order valence-corrected chi connectivity index (χ2v) is 8.29. The molecule has 130 valence electrons. The maximum atomic E-state index is 12.7. The van der Waals surface area contributed by atoms with Gasteiger partial charge in [-0.2, -0.15) is 5.26 Å². The van der Waals surface area contributed by atoms with E-state index in [1.54, 1.807) is 12.1 Å². The highest BCUT2D eigenvalue weighted by molar-refractivity contribution is 7.22. The number of non-ortho nitro benzene ring substituents is 1. The Kier molecular flexibility index (Phi) is 4.15. The first-order valence-electron chi connectivity index (χ1n) is 7.72. The van der Waals surface area contributed by atoms with Gasteiger partial charge in [-0.15, -0.1) is 22.7 Å². The summed E-state index contributed by atoms with van der Waals surface area (Å²) in [4.78, 5) is 24.8. The molecule has 0 atom stereocenters. The molecule has 1 N–H and O–H groups in total. The maximum Gasteiger partial charge on any atom is 0.287 e. The van der Waals surface area contributed by atoms with Gasteiger partial charge in [-0.3, -0.25) is 14.9 Å². The smallest absolute Gasteiger partial charge is 0.287 e. The summed E-state index contributed by atoms with van der Waals surface area (Å²) >= 11 is 8.71. The highest BCUT2D eigenvalue weighted by Crippen LogP contribution is 2.42. The Balaban J connectivity index is 1.74. The molecule has 9 heteroatoms. The molecule has 1 aliphatic carbocycles. The van der Waals surface area contributed by atoms with Gasteiger partial charge in [-0.1, -0.05) is 23.7 Å². The predicted molar refractivity (Wildman–Crippen MR) is 103 cm³/mol. The fraction of sp³-hybridized carbons (Fsp3) is 0.176. The normalized spacial score (nSPS) is 12.8. The minimum absolute atomic E-state index is 0.0822. The lowest BCUT2D eigenvalue weighted by molar-refractivity contribution is -0.382. The van der Waals surface area contributed by atoms with Crippen LogP contribution < -0.4 is 5.32 Å². The van der Waals surface area contributed by atoms with Crippen molar-refractivity contribution in [1.29, 1.82) is 5.26 Å². The molecule has 0 spiro atoms. The van der Waals surface area contributed by atoms with Gasteiger partial charge in [0.15, 0.2) is 0 Å². The Morgan fingerprint density at radius 2 is 2.15 bits per heavy atom. The van der Waals surface area contributed by atoms with E-state index in [9.17, 15) is 20.2 Å². The van der Waals surface area contributed by atoms with Crippen LogP contribution in [0.5, 0.6) is 0 Å². The van der Waals surface area contributed by atoms with Crippen molar-refractivity contribution in [2.24, 2.45) is 0 Å². The largest absolute Gasteiger partial charge is 0.312 e. The first kappa shape index (κ1) is 17.0. The molecular formula is C17H10ClN3O3S2. The lowest BCUT2D eigenvalue weighted by Gasteiger charge is -2.02. The first-order valence-corrected chi connectivity index (χ1v) is 9.73. The van der Waals surface area contributed by atoms with Crippen molar-refractivity contribution in [2.45, 2.75) is 19.3 Å². The molecule has 0 fully saturated rings. The summed E-state index contributed by atoms with van der Waals surface area (Å²) in [5.41, 5.74) is 1.45. The first-order chi connectivity index (χ1) is 12.5. The van der Waals surface area contributed by atoms with E-state index in [2.05, 4.69) is 11.4 Å². The molecule has 4 rings (SSSR count). The molecule has 26 heavy (non-hydrogen) atoms. The Labute approximate surface area is 160 Å². The number of thiophene rings is 2. The van der Waals surface area contributed by atoms with Gasteiger partial charge in [0.25, 0.3) is 11.6 Å². The summed E-state index contributed by atoms with van der Waals surface area (Å²) in [7, 11) is 0. The fourth-order valence-corrected chi connectivity index (χ4v) is 5.86. The van der Waals surface area contributed by atoms with Crippen molar-refractivity contribution in [3.05, 3.63) is 54.2 Å². The molecule has 0 unspecified atom stereocenters. The number of carbonyl (C=O) groups is 1. The number of rotatable bonds is 3. The molecule has 0 aliphatic heterocycles. The number of nitro benzene ring substituents is 1. The Morgan fingerprint density at radius 1 is 1.35 bits per heavy atom. The third-order valence-electron chi connectivity index (χ3n) is 4.30. The number of hydrogen-bond acceptors (Lipinski definition) is 6. The minimum atomic E-state index is -0.492. The van der Waals surface area contributed by atoms with Gasteiger partial charge in [0, 0.05) is 16.3 Å². The Morgan fingerprint density at radius 3 is 2.88 bits per heavy atom. The average Bonchev–Trinajstić information content (AvgIpc) is 3.27. The van der Waals surface area contributed by atoms with E-state index < -0.39 is 10.8 Å². The monoisotopic (exact) mass is 403 g/mol. The van der Waals surface area contributed by atoms with E-state index in [1.807, 2.05) is 0 Å². The van der Waals surface area contributed by atoms with Crippen LogP contribution in [0.2, 0.25) is 5.02 Å². The second kappa shape index (κ2) is 6.36. The summed E-state index contributed by atoms with van der Waals surface area (Å²) in [5, 5.41) is 24.6. The summed E-state index contributed by atoms with van der Waals surface area (Å²) in [6.07, 6.45) is 2.79. The van der Waals surface area contributed by atoms with Crippen LogP contribution in [0, 0.1) is 21.4 Å². The molecular weight excluding hydrogens is 394 g/mol. The summed E-state index contributed by atoms with van der Waals surface area (Å²) in [6.45, 7) is 0. The highest BCUT2D eigenvalue weighted by Gasteiger charge is 2.26. The molecule has 0 radical (unpaired) electrons. The zero-order valence-electron chi connectivity index (χ0n) is 13.2. The summed E-state index contributed by atoms with van der Waals surface area (Å²) in [5.74, 6) is -0.457. The fourth-order valence-electron chi connectivity index (χ4n) is 3.13. The number of carbonyl (C=O) groups excluding carboxylic acids is 1. The number of aryl methyl sites for hydroxylation is 1. The van der Waals surface area contributed by atoms with Crippen molar-refractivity contribution in [3.8, 4) is 6.07 Å². The van der Waals surface area contributed by atoms with Crippen molar-refractivity contribution >= 4 is 61.0 Å². The van der Waals surface area contributed by atoms with Gasteiger partial charge in [0.1, 0.15) is 20.6 Å². The average molecular weight is 404 g/mol. The Hall–Kier alpha value is -2.47. The molecule has 1 aromatic carbocycles. The standard InChI is InChI=1S/C17H10ClN3O3S2/c18-13-9-4-1-5-11(21(23)24)14(9)26-15(13)16(22)20-17-10(7-19)8-3-2-6-12(8)25-17/h1,4-5H,2-3,6H2,(H,20,22). The van der Waals surface area contributed by atoms with E-state index in [1.165, 1.54) is 17.4 Å². The van der Waals surface area contributed by atoms with Gasteiger partial charge < -0.3 is 5.32 Å². The van der Waals surface area contributed by atoms with Crippen LogP contribution in [0.15, 0.2) is 18.2 Å². The molecule has 0 saturated heterocycles. The number of halogens is 1. The maximum absolute atomic E-state index is 12.7. The number of benzene rings is 1. The van der Waals surface area contributed by atoms with Gasteiger partial charge in [0.2, 0.25) is 0 Å². The highest BCUT2D eigenvalue weighted by atomic mass is 35.5. The van der Waals surface area contributed by atoms with Crippen molar-refractivity contribution in [3.63, 3.8) is 0 Å². The molecule has 0 bridgehead atoms. The van der Waals surface area contributed by atoms with E-state index in [0.29, 0.717) is 20.7 Å². The number of nitrogens with zero attached hydrogens (tertiary/aromatic N) is 2. The number of amides is 1. The lowest BCUT2D eigenvalue weighted by atomic mass is 10.1. The van der Waals surface area contributed by atoms with Crippen molar-refractivity contribution < 1.29 is 9.72 Å². The molecule has 2 heterocycles. The third kappa shape index (κ3) is 2.56. The predicted octanol–water partition coefficient (Wildman–Crippen LogP) is 5.14. The zero-order valence-corrected chi connectivity index (χ0v) is 15.6. The number of nitrogens with one attached hydrogen (secondary N) is 1. The van der Waals surface area contributed by atoms with Crippen LogP contribution in [-0.4, -0.2) is 10.8 Å². The minimum Gasteiger partial charge on any atom is -0.312 e. The van der Waals surface area contributed by atoms with Crippen LogP contribution in [0.4, 0.5) is 10.7 Å².